The van der Waals surface area contributed by atoms with Crippen LogP contribution < -0.4 is 10.2 Å². The second-order valence-electron chi connectivity index (χ2n) is 9.25. The van der Waals surface area contributed by atoms with Crippen molar-refractivity contribution in [3.05, 3.63) is 113 Å². The maximum Gasteiger partial charge on any atom is 0.234 e. The van der Waals surface area contributed by atoms with Gasteiger partial charge < -0.3 is 15.1 Å². The number of benzene rings is 3. The average molecular weight is 478 g/mol. The summed E-state index contributed by atoms with van der Waals surface area (Å²) in [5.74, 6) is 1.31. The van der Waals surface area contributed by atoms with Gasteiger partial charge >= 0.3 is 0 Å². The minimum atomic E-state index is -0.300. The molecule has 0 bridgehead atoms. The summed E-state index contributed by atoms with van der Waals surface area (Å²) in [5, 5.41) is 3.32. The number of nitrogens with zero attached hydrogens (tertiary/aromatic N) is 4. The minimum Gasteiger partial charge on any atom is -0.353 e. The molecule has 0 saturated carbocycles. The number of hydrogen-bond donors (Lipinski definition) is 1. The monoisotopic (exact) mass is 477 g/mol. The second-order valence-corrected chi connectivity index (χ2v) is 9.25. The van der Waals surface area contributed by atoms with E-state index < -0.39 is 0 Å². The molecule has 5 rings (SSSR count). The number of carbonyl (C=O) groups excluding carboxylic acids is 1. The largest absolute Gasteiger partial charge is 0.353 e. The van der Waals surface area contributed by atoms with Crippen LogP contribution in [0.25, 0.3) is 0 Å². The Morgan fingerprint density at radius 2 is 1.36 bits per heavy atom. The van der Waals surface area contributed by atoms with E-state index in [0.717, 1.165) is 41.4 Å². The lowest BCUT2D eigenvalue weighted by atomic mass is 9.90. The summed E-state index contributed by atoms with van der Waals surface area (Å²) in [7, 11) is 0. The molecule has 6 heteroatoms. The van der Waals surface area contributed by atoms with Crippen LogP contribution in [0.4, 0.5) is 17.5 Å². The van der Waals surface area contributed by atoms with E-state index >= 15 is 0 Å². The Kier molecular flexibility index (Phi) is 6.94. The Labute approximate surface area is 212 Å². The van der Waals surface area contributed by atoms with Crippen molar-refractivity contribution in [2.45, 2.75) is 19.8 Å². The SMILES string of the molecule is Cc1ccc(Nc2nc(C)cc(N3CCN(C(=O)C(c4ccccc4)c4ccccc4)CC3)n2)cc1. The first kappa shape index (κ1) is 23.5. The topological polar surface area (TPSA) is 61.4 Å². The second kappa shape index (κ2) is 10.6. The van der Waals surface area contributed by atoms with E-state index in [2.05, 4.69) is 34.3 Å². The van der Waals surface area contributed by atoms with Crippen LogP contribution in [0, 0.1) is 13.8 Å². The lowest BCUT2D eigenvalue weighted by Crippen LogP contribution is -2.50. The number of aryl methyl sites for hydroxylation is 2. The van der Waals surface area contributed by atoms with Gasteiger partial charge in [0.15, 0.2) is 0 Å². The van der Waals surface area contributed by atoms with Gasteiger partial charge in [0, 0.05) is 43.6 Å². The average Bonchev–Trinajstić information content (AvgIpc) is 2.91. The highest BCUT2D eigenvalue weighted by molar-refractivity contribution is 5.87. The molecule has 0 spiro atoms. The number of anilines is 3. The van der Waals surface area contributed by atoms with Crippen molar-refractivity contribution in [1.82, 2.24) is 14.9 Å². The van der Waals surface area contributed by atoms with Crippen LogP contribution in [0.3, 0.4) is 0 Å². The zero-order valence-electron chi connectivity index (χ0n) is 20.8. The van der Waals surface area contributed by atoms with Gasteiger partial charge in [-0.2, -0.15) is 4.98 Å². The summed E-state index contributed by atoms with van der Waals surface area (Å²) in [6, 6.07) is 30.3. The maximum atomic E-state index is 13.7. The molecular weight excluding hydrogens is 446 g/mol. The lowest BCUT2D eigenvalue weighted by molar-refractivity contribution is -0.132. The first-order valence-corrected chi connectivity index (χ1v) is 12.4. The van der Waals surface area contributed by atoms with E-state index in [1.54, 1.807) is 0 Å². The van der Waals surface area contributed by atoms with Gasteiger partial charge in [-0.1, -0.05) is 78.4 Å². The van der Waals surface area contributed by atoms with Crippen LogP contribution in [0.1, 0.15) is 28.3 Å². The third kappa shape index (κ3) is 5.38. The van der Waals surface area contributed by atoms with E-state index in [9.17, 15) is 4.79 Å². The van der Waals surface area contributed by atoms with Crippen molar-refractivity contribution in [2.75, 3.05) is 36.4 Å². The van der Waals surface area contributed by atoms with Crippen LogP contribution in [-0.4, -0.2) is 47.0 Å². The molecule has 3 aromatic carbocycles. The normalized spacial score (nSPS) is 13.6. The van der Waals surface area contributed by atoms with Crippen LogP contribution >= 0.6 is 0 Å². The molecule has 4 aromatic rings. The van der Waals surface area contributed by atoms with Crippen molar-refractivity contribution in [2.24, 2.45) is 0 Å². The smallest absolute Gasteiger partial charge is 0.234 e. The third-order valence-corrected chi connectivity index (χ3v) is 6.58. The zero-order valence-corrected chi connectivity index (χ0v) is 20.8. The van der Waals surface area contributed by atoms with Crippen LogP contribution in [0.5, 0.6) is 0 Å². The van der Waals surface area contributed by atoms with Gasteiger partial charge in [0.25, 0.3) is 0 Å². The maximum absolute atomic E-state index is 13.7. The van der Waals surface area contributed by atoms with Gasteiger partial charge in [0.1, 0.15) is 5.82 Å². The summed E-state index contributed by atoms with van der Waals surface area (Å²) in [6.07, 6.45) is 0. The predicted molar refractivity (Wildman–Crippen MR) is 145 cm³/mol. The van der Waals surface area contributed by atoms with Crippen molar-refractivity contribution in [3.8, 4) is 0 Å². The number of carbonyl (C=O) groups is 1. The van der Waals surface area contributed by atoms with E-state index in [4.69, 9.17) is 4.98 Å². The van der Waals surface area contributed by atoms with Crippen molar-refractivity contribution < 1.29 is 4.79 Å². The highest BCUT2D eigenvalue weighted by atomic mass is 16.2. The molecule has 1 fully saturated rings. The zero-order chi connectivity index (χ0) is 24.9. The summed E-state index contributed by atoms with van der Waals surface area (Å²) < 4.78 is 0. The molecule has 36 heavy (non-hydrogen) atoms. The molecular formula is C30H31N5O. The fourth-order valence-corrected chi connectivity index (χ4v) is 4.64. The fourth-order valence-electron chi connectivity index (χ4n) is 4.64. The summed E-state index contributed by atoms with van der Waals surface area (Å²) in [4.78, 5) is 27.3. The Balaban J connectivity index is 1.30. The van der Waals surface area contributed by atoms with Crippen molar-refractivity contribution in [3.63, 3.8) is 0 Å². The predicted octanol–water partition coefficient (Wildman–Crippen LogP) is 5.32. The van der Waals surface area contributed by atoms with Crippen molar-refractivity contribution in [1.29, 1.82) is 0 Å². The Hall–Kier alpha value is -4.19. The highest BCUT2D eigenvalue weighted by Crippen LogP contribution is 2.28. The molecule has 2 heterocycles. The first-order valence-electron chi connectivity index (χ1n) is 12.4. The molecule has 1 aliphatic rings. The molecule has 1 amide bonds. The summed E-state index contributed by atoms with van der Waals surface area (Å²) >= 11 is 0. The van der Waals surface area contributed by atoms with Gasteiger partial charge in [0.2, 0.25) is 11.9 Å². The quantitative estimate of drug-likeness (QED) is 0.407. The summed E-state index contributed by atoms with van der Waals surface area (Å²) in [5.41, 5.74) is 5.12. The molecule has 1 saturated heterocycles. The number of piperazine rings is 1. The first-order chi connectivity index (χ1) is 17.6. The molecule has 182 valence electrons. The Bertz CT molecular complexity index is 1260. The summed E-state index contributed by atoms with van der Waals surface area (Å²) in [6.45, 7) is 6.80. The van der Waals surface area contributed by atoms with Crippen LogP contribution in [0.2, 0.25) is 0 Å². The number of nitrogens with one attached hydrogen (secondary N) is 1. The van der Waals surface area contributed by atoms with Gasteiger partial charge in [-0.05, 0) is 37.1 Å². The molecule has 0 unspecified atom stereocenters. The molecule has 0 radical (unpaired) electrons. The molecule has 1 N–H and O–H groups in total. The van der Waals surface area contributed by atoms with Gasteiger partial charge in [0.05, 0.1) is 5.92 Å². The van der Waals surface area contributed by atoms with Crippen LogP contribution in [0.15, 0.2) is 91.0 Å². The molecule has 0 atom stereocenters. The molecule has 0 aliphatic carbocycles. The van der Waals surface area contributed by atoms with E-state index in [-0.39, 0.29) is 11.8 Å². The van der Waals surface area contributed by atoms with E-state index in [0.29, 0.717) is 19.0 Å². The standard InChI is InChI=1S/C30H31N5O/c1-22-13-15-26(16-14-22)32-30-31-23(2)21-27(33-30)34-17-19-35(20-18-34)29(36)28(24-9-5-3-6-10-24)25-11-7-4-8-12-25/h3-16,21,28H,17-20H2,1-2H3,(H,31,32,33). The van der Waals surface area contributed by atoms with Crippen molar-refractivity contribution >= 4 is 23.4 Å². The number of hydrogen-bond acceptors (Lipinski definition) is 5. The molecule has 1 aromatic heterocycles. The van der Waals surface area contributed by atoms with Gasteiger partial charge in [-0.25, -0.2) is 4.98 Å². The highest BCUT2D eigenvalue weighted by Gasteiger charge is 2.30. The lowest BCUT2D eigenvalue weighted by Gasteiger charge is -2.37. The van der Waals surface area contributed by atoms with Crippen LogP contribution in [-0.2, 0) is 4.79 Å². The Morgan fingerprint density at radius 3 is 1.94 bits per heavy atom. The minimum absolute atomic E-state index is 0.146. The van der Waals surface area contributed by atoms with Gasteiger partial charge in [-0.15, -0.1) is 0 Å². The number of aromatic nitrogens is 2. The number of amides is 1. The van der Waals surface area contributed by atoms with E-state index in [1.807, 2.05) is 90.7 Å². The third-order valence-electron chi connectivity index (χ3n) is 6.58. The molecule has 1 aliphatic heterocycles. The fraction of sp³-hybridized carbons (Fsp3) is 0.233. The Morgan fingerprint density at radius 1 is 0.778 bits per heavy atom. The number of rotatable bonds is 6. The van der Waals surface area contributed by atoms with E-state index in [1.165, 1.54) is 5.56 Å². The van der Waals surface area contributed by atoms with Gasteiger partial charge in [-0.3, -0.25) is 4.79 Å². The molecule has 6 nitrogen and oxygen atoms in total.